The van der Waals surface area contributed by atoms with Crippen LogP contribution in [0.1, 0.15) is 16.7 Å². The first-order chi connectivity index (χ1) is 9.78. The van der Waals surface area contributed by atoms with E-state index < -0.39 is 0 Å². The van der Waals surface area contributed by atoms with Crippen LogP contribution < -0.4 is 15.4 Å². The molecule has 0 spiro atoms. The van der Waals surface area contributed by atoms with Crippen LogP contribution in [-0.4, -0.2) is 13.7 Å². The molecule has 1 aliphatic heterocycles. The van der Waals surface area contributed by atoms with E-state index in [1.807, 2.05) is 0 Å². The minimum Gasteiger partial charge on any atom is -0.495 e. The Kier molecular flexibility index (Phi) is 3.50. The minimum absolute atomic E-state index is 0.801. The van der Waals surface area contributed by atoms with Gasteiger partial charge in [0.15, 0.2) is 0 Å². The van der Waals surface area contributed by atoms with Crippen LogP contribution in [-0.2, 0) is 13.0 Å². The van der Waals surface area contributed by atoms with Crippen molar-refractivity contribution in [2.24, 2.45) is 0 Å². The zero-order chi connectivity index (χ0) is 13.9. The molecule has 0 saturated heterocycles. The van der Waals surface area contributed by atoms with Gasteiger partial charge in [-0.15, -0.1) is 0 Å². The van der Waals surface area contributed by atoms with Gasteiger partial charge in [0.1, 0.15) is 5.75 Å². The van der Waals surface area contributed by atoms with Crippen LogP contribution in [0.2, 0.25) is 0 Å². The Labute approximate surface area is 120 Å². The molecule has 1 heterocycles. The normalized spacial score (nSPS) is 12.7. The molecule has 2 aromatic rings. The predicted molar refractivity (Wildman–Crippen MR) is 83.7 cm³/mol. The highest BCUT2D eigenvalue weighted by Crippen LogP contribution is 2.29. The molecular weight excluding hydrogens is 248 g/mol. The third kappa shape index (κ3) is 2.44. The largest absolute Gasteiger partial charge is 0.495 e. The summed E-state index contributed by atoms with van der Waals surface area (Å²) in [6, 6.07) is 12.7. The fraction of sp³-hybridized carbons (Fsp3) is 0.294. The van der Waals surface area contributed by atoms with Gasteiger partial charge in [-0.05, 0) is 42.2 Å². The Balaban J connectivity index is 1.79. The van der Waals surface area contributed by atoms with Gasteiger partial charge in [-0.1, -0.05) is 24.3 Å². The van der Waals surface area contributed by atoms with Crippen LogP contribution in [0, 0.1) is 6.92 Å². The van der Waals surface area contributed by atoms with E-state index in [0.717, 1.165) is 30.9 Å². The second-order valence-electron chi connectivity index (χ2n) is 5.19. The summed E-state index contributed by atoms with van der Waals surface area (Å²) >= 11 is 0. The second-order valence-corrected chi connectivity index (χ2v) is 5.19. The molecule has 2 aromatic carbocycles. The number of methoxy groups -OCH3 is 1. The molecule has 3 rings (SSSR count). The molecule has 2 N–H and O–H groups in total. The van der Waals surface area contributed by atoms with Crippen molar-refractivity contribution in [3.05, 3.63) is 53.1 Å². The highest BCUT2D eigenvalue weighted by atomic mass is 16.5. The lowest BCUT2D eigenvalue weighted by molar-refractivity contribution is 0.416. The third-order valence-electron chi connectivity index (χ3n) is 3.76. The fourth-order valence-corrected chi connectivity index (χ4v) is 2.69. The van der Waals surface area contributed by atoms with Gasteiger partial charge < -0.3 is 15.4 Å². The smallest absolute Gasteiger partial charge is 0.142 e. The van der Waals surface area contributed by atoms with Crippen LogP contribution in [0.4, 0.5) is 11.4 Å². The van der Waals surface area contributed by atoms with Crippen LogP contribution in [0.3, 0.4) is 0 Å². The maximum absolute atomic E-state index is 5.43. The standard InChI is InChI=1S/C17H20N2O/c1-12-6-7-15(16(10-12)20-2)19-11-14-5-3-4-13-8-9-18-17(13)14/h3-7,10,18-19H,8-9,11H2,1-2H3. The Morgan fingerprint density at radius 1 is 1.25 bits per heavy atom. The number of hydrogen-bond acceptors (Lipinski definition) is 3. The molecule has 0 saturated carbocycles. The van der Waals surface area contributed by atoms with E-state index in [1.54, 1.807) is 7.11 Å². The van der Waals surface area contributed by atoms with E-state index in [-0.39, 0.29) is 0 Å². The molecule has 0 aromatic heterocycles. The molecule has 0 aliphatic carbocycles. The third-order valence-corrected chi connectivity index (χ3v) is 3.76. The topological polar surface area (TPSA) is 33.3 Å². The van der Waals surface area contributed by atoms with Gasteiger partial charge >= 0.3 is 0 Å². The zero-order valence-electron chi connectivity index (χ0n) is 12.0. The summed E-state index contributed by atoms with van der Waals surface area (Å²) in [5.74, 6) is 0.894. The Bertz CT molecular complexity index is 622. The number of anilines is 2. The molecule has 0 amide bonds. The van der Waals surface area contributed by atoms with Crippen LogP contribution >= 0.6 is 0 Å². The molecule has 0 unspecified atom stereocenters. The highest BCUT2D eigenvalue weighted by molar-refractivity contribution is 5.63. The predicted octanol–water partition coefficient (Wildman–Crippen LogP) is 3.58. The SMILES string of the molecule is COc1cc(C)ccc1NCc1cccc2c1NCC2. The maximum atomic E-state index is 5.43. The Hall–Kier alpha value is -2.16. The minimum atomic E-state index is 0.801. The summed E-state index contributed by atoms with van der Waals surface area (Å²) in [5.41, 5.74) is 6.26. The monoisotopic (exact) mass is 268 g/mol. The summed E-state index contributed by atoms with van der Waals surface area (Å²) in [4.78, 5) is 0. The van der Waals surface area contributed by atoms with E-state index in [1.165, 1.54) is 22.4 Å². The van der Waals surface area contributed by atoms with E-state index in [9.17, 15) is 0 Å². The summed E-state index contributed by atoms with van der Waals surface area (Å²) in [6.45, 7) is 3.91. The fourth-order valence-electron chi connectivity index (χ4n) is 2.69. The van der Waals surface area contributed by atoms with Gasteiger partial charge in [-0.3, -0.25) is 0 Å². The van der Waals surface area contributed by atoms with E-state index in [2.05, 4.69) is 54.0 Å². The molecule has 20 heavy (non-hydrogen) atoms. The van der Waals surface area contributed by atoms with Gasteiger partial charge in [-0.2, -0.15) is 0 Å². The number of para-hydroxylation sites is 1. The molecule has 0 fully saturated rings. The van der Waals surface area contributed by atoms with Gasteiger partial charge in [0.2, 0.25) is 0 Å². The van der Waals surface area contributed by atoms with E-state index >= 15 is 0 Å². The Morgan fingerprint density at radius 2 is 2.15 bits per heavy atom. The van der Waals surface area contributed by atoms with Crippen LogP contribution in [0.15, 0.2) is 36.4 Å². The summed E-state index contributed by atoms with van der Waals surface area (Å²) in [5, 5.41) is 6.94. The quantitative estimate of drug-likeness (QED) is 0.889. The maximum Gasteiger partial charge on any atom is 0.142 e. The van der Waals surface area contributed by atoms with E-state index in [4.69, 9.17) is 4.74 Å². The molecule has 0 radical (unpaired) electrons. The first-order valence-corrected chi connectivity index (χ1v) is 7.01. The van der Waals surface area contributed by atoms with Crippen LogP contribution in [0.25, 0.3) is 0 Å². The summed E-state index contributed by atoms with van der Waals surface area (Å²) in [6.07, 6.45) is 1.12. The number of aryl methyl sites for hydroxylation is 1. The number of nitrogens with one attached hydrogen (secondary N) is 2. The number of fused-ring (bicyclic) bond motifs is 1. The van der Waals surface area contributed by atoms with Gasteiger partial charge in [-0.25, -0.2) is 0 Å². The van der Waals surface area contributed by atoms with Crippen molar-refractivity contribution in [3.8, 4) is 5.75 Å². The van der Waals surface area contributed by atoms with Crippen molar-refractivity contribution in [3.63, 3.8) is 0 Å². The lowest BCUT2D eigenvalue weighted by Gasteiger charge is -2.14. The molecule has 0 atom stereocenters. The Morgan fingerprint density at radius 3 is 3.00 bits per heavy atom. The number of hydrogen-bond donors (Lipinski definition) is 2. The first-order valence-electron chi connectivity index (χ1n) is 7.01. The number of benzene rings is 2. The van der Waals surface area contributed by atoms with Gasteiger partial charge in [0.25, 0.3) is 0 Å². The molecule has 3 nitrogen and oxygen atoms in total. The second kappa shape index (κ2) is 5.45. The molecule has 0 bridgehead atoms. The van der Waals surface area contributed by atoms with Crippen LogP contribution in [0.5, 0.6) is 5.75 Å². The van der Waals surface area contributed by atoms with Gasteiger partial charge in [0.05, 0.1) is 12.8 Å². The average molecular weight is 268 g/mol. The van der Waals surface area contributed by atoms with Crippen molar-refractivity contribution in [2.75, 3.05) is 24.3 Å². The van der Waals surface area contributed by atoms with Crippen molar-refractivity contribution in [2.45, 2.75) is 19.9 Å². The zero-order valence-corrected chi connectivity index (χ0v) is 12.0. The highest BCUT2D eigenvalue weighted by Gasteiger charge is 2.13. The average Bonchev–Trinajstić information content (AvgIpc) is 2.94. The lowest BCUT2D eigenvalue weighted by atomic mass is 10.1. The molecule has 104 valence electrons. The van der Waals surface area contributed by atoms with Gasteiger partial charge in [0, 0.05) is 18.8 Å². The number of ether oxygens (including phenoxy) is 1. The summed E-state index contributed by atoms with van der Waals surface area (Å²) < 4.78 is 5.43. The molecule has 3 heteroatoms. The number of rotatable bonds is 4. The molecular formula is C17H20N2O. The van der Waals surface area contributed by atoms with Crippen molar-refractivity contribution < 1.29 is 4.74 Å². The molecule has 1 aliphatic rings. The lowest BCUT2D eigenvalue weighted by Crippen LogP contribution is -2.04. The summed E-state index contributed by atoms with van der Waals surface area (Å²) in [7, 11) is 1.71. The van der Waals surface area contributed by atoms with Crippen molar-refractivity contribution >= 4 is 11.4 Å². The van der Waals surface area contributed by atoms with Crippen molar-refractivity contribution in [1.29, 1.82) is 0 Å². The van der Waals surface area contributed by atoms with Crippen molar-refractivity contribution in [1.82, 2.24) is 0 Å². The first kappa shape index (κ1) is 12.9. The van der Waals surface area contributed by atoms with E-state index in [0.29, 0.717) is 0 Å².